The molecule has 1 unspecified atom stereocenters. The molecule has 12 heavy (non-hydrogen) atoms. The van der Waals surface area contributed by atoms with Crippen LogP contribution in [0.3, 0.4) is 0 Å². The minimum Gasteiger partial charge on any atom is -0.197 e. The van der Waals surface area contributed by atoms with Gasteiger partial charge in [0.15, 0.2) is 0 Å². The van der Waals surface area contributed by atoms with Crippen LogP contribution in [0.4, 0.5) is 0 Å². The predicted octanol–water partition coefficient (Wildman–Crippen LogP) is 3.17. The normalized spacial score (nSPS) is 12.1. The molecule has 0 aliphatic rings. The van der Waals surface area contributed by atoms with Gasteiger partial charge < -0.3 is 0 Å². The van der Waals surface area contributed by atoms with Crippen LogP contribution in [-0.2, 0) is 6.42 Å². The average molecular weight is 245 g/mol. The van der Waals surface area contributed by atoms with Crippen molar-refractivity contribution in [1.82, 2.24) is 0 Å². The molecular weight excluding hydrogens is 237 g/mol. The Balaban J connectivity index is 2.77. The summed E-state index contributed by atoms with van der Waals surface area (Å²) < 4.78 is 0. The van der Waals surface area contributed by atoms with Gasteiger partial charge >= 0.3 is 0 Å². The molecule has 0 N–H and O–H groups in total. The lowest BCUT2D eigenvalue weighted by Crippen LogP contribution is -1.98. The monoisotopic (exact) mass is 243 g/mol. The third-order valence-corrected chi connectivity index (χ3v) is 2.39. The number of hydrogen-bond acceptors (Lipinski definition) is 1. The fourth-order valence-electron chi connectivity index (χ4n) is 0.903. The van der Waals surface area contributed by atoms with Crippen molar-refractivity contribution in [2.24, 2.45) is 0 Å². The summed E-state index contributed by atoms with van der Waals surface area (Å²) in [4.78, 5) is -0.155. The van der Waals surface area contributed by atoms with Crippen LogP contribution in [0.1, 0.15) is 5.56 Å². The van der Waals surface area contributed by atoms with E-state index in [-0.39, 0.29) is 4.83 Å². The smallest absolute Gasteiger partial charge is 0.105 e. The van der Waals surface area contributed by atoms with Crippen molar-refractivity contribution in [3.63, 3.8) is 0 Å². The molecule has 1 rings (SSSR count). The molecule has 1 nitrogen and oxygen atoms in total. The lowest BCUT2D eigenvalue weighted by Gasteiger charge is -2.02. The molecule has 1 aromatic rings. The van der Waals surface area contributed by atoms with Gasteiger partial charge in [-0.15, -0.1) is 0 Å². The molecule has 0 saturated heterocycles. The molecule has 0 bridgehead atoms. The van der Waals surface area contributed by atoms with Gasteiger partial charge in [-0.1, -0.05) is 45.7 Å². The van der Waals surface area contributed by atoms with E-state index in [0.29, 0.717) is 6.42 Å². The third-order valence-electron chi connectivity index (χ3n) is 1.50. The van der Waals surface area contributed by atoms with Gasteiger partial charge in [0.05, 0.1) is 6.07 Å². The highest BCUT2D eigenvalue weighted by Gasteiger charge is 2.05. The Morgan fingerprint density at radius 1 is 1.50 bits per heavy atom. The largest absolute Gasteiger partial charge is 0.197 e. The molecule has 0 heterocycles. The Kier molecular flexibility index (Phi) is 3.58. The van der Waals surface area contributed by atoms with E-state index in [4.69, 9.17) is 16.9 Å². The van der Waals surface area contributed by atoms with Crippen molar-refractivity contribution in [3.05, 3.63) is 34.9 Å². The minimum absolute atomic E-state index is 0.155. The van der Waals surface area contributed by atoms with Crippen molar-refractivity contribution < 1.29 is 0 Å². The molecule has 0 aliphatic carbocycles. The molecule has 0 fully saturated rings. The lowest BCUT2D eigenvalue weighted by atomic mass is 10.1. The number of nitriles is 1. The second kappa shape index (κ2) is 4.49. The first-order chi connectivity index (χ1) is 5.74. The van der Waals surface area contributed by atoms with Crippen molar-refractivity contribution in [2.45, 2.75) is 11.2 Å². The second-order valence-corrected chi connectivity index (χ2v) is 3.90. The summed E-state index contributed by atoms with van der Waals surface area (Å²) in [5, 5.41) is 9.27. The molecule has 0 aliphatic heterocycles. The van der Waals surface area contributed by atoms with Crippen LogP contribution in [0.15, 0.2) is 24.3 Å². The first-order valence-corrected chi connectivity index (χ1v) is 4.80. The topological polar surface area (TPSA) is 23.8 Å². The molecule has 0 radical (unpaired) electrons. The van der Waals surface area contributed by atoms with Crippen molar-refractivity contribution in [1.29, 1.82) is 5.26 Å². The number of nitrogens with zero attached hydrogens (tertiary/aromatic N) is 1. The molecule has 62 valence electrons. The van der Waals surface area contributed by atoms with Gasteiger partial charge in [0.2, 0.25) is 0 Å². The summed E-state index contributed by atoms with van der Waals surface area (Å²) in [7, 11) is 0. The molecule has 1 atom stereocenters. The quantitative estimate of drug-likeness (QED) is 0.733. The van der Waals surface area contributed by atoms with Crippen LogP contribution in [0, 0.1) is 11.3 Å². The minimum atomic E-state index is -0.155. The second-order valence-electron chi connectivity index (χ2n) is 2.39. The van der Waals surface area contributed by atoms with E-state index >= 15 is 0 Å². The fourth-order valence-corrected chi connectivity index (χ4v) is 1.46. The third kappa shape index (κ3) is 2.51. The van der Waals surface area contributed by atoms with E-state index in [9.17, 15) is 0 Å². The highest BCUT2D eigenvalue weighted by molar-refractivity contribution is 9.09. The maximum absolute atomic E-state index is 8.55. The Labute approximate surface area is 85.1 Å². The van der Waals surface area contributed by atoms with Gasteiger partial charge in [-0.3, -0.25) is 0 Å². The van der Waals surface area contributed by atoms with Gasteiger partial charge in [-0.25, -0.2) is 0 Å². The molecule has 0 aromatic heterocycles. The standard InChI is InChI=1S/C9H7BrClN/c10-8(6-12)5-7-3-1-2-4-9(7)11/h1-4,8H,5H2. The van der Waals surface area contributed by atoms with Crippen LogP contribution in [0.2, 0.25) is 5.02 Å². The van der Waals surface area contributed by atoms with Crippen LogP contribution in [-0.4, -0.2) is 4.83 Å². The van der Waals surface area contributed by atoms with Crippen LogP contribution in [0.25, 0.3) is 0 Å². The van der Waals surface area contributed by atoms with E-state index < -0.39 is 0 Å². The molecular formula is C9H7BrClN. The SMILES string of the molecule is N#CC(Br)Cc1ccccc1Cl. The van der Waals surface area contributed by atoms with Crippen LogP contribution >= 0.6 is 27.5 Å². The maximum Gasteiger partial charge on any atom is 0.105 e. The summed E-state index contributed by atoms with van der Waals surface area (Å²) in [6, 6.07) is 9.64. The van der Waals surface area contributed by atoms with E-state index in [0.717, 1.165) is 10.6 Å². The lowest BCUT2D eigenvalue weighted by molar-refractivity contribution is 1.04. The van der Waals surface area contributed by atoms with Crippen molar-refractivity contribution >= 4 is 27.5 Å². The van der Waals surface area contributed by atoms with E-state index in [1.807, 2.05) is 24.3 Å². The summed E-state index contributed by atoms with van der Waals surface area (Å²) in [6.45, 7) is 0. The highest BCUT2D eigenvalue weighted by atomic mass is 79.9. The first kappa shape index (κ1) is 9.57. The summed E-state index contributed by atoms with van der Waals surface area (Å²) in [5.74, 6) is 0. The first-order valence-electron chi connectivity index (χ1n) is 3.51. The number of hydrogen-bond donors (Lipinski definition) is 0. The fraction of sp³-hybridized carbons (Fsp3) is 0.222. The Morgan fingerprint density at radius 3 is 2.75 bits per heavy atom. The molecule has 0 amide bonds. The zero-order chi connectivity index (χ0) is 8.97. The van der Waals surface area contributed by atoms with E-state index in [1.54, 1.807) is 0 Å². The molecule has 1 aromatic carbocycles. The maximum atomic E-state index is 8.55. The van der Waals surface area contributed by atoms with E-state index in [2.05, 4.69) is 22.0 Å². The molecule has 3 heteroatoms. The number of rotatable bonds is 2. The van der Waals surface area contributed by atoms with Crippen LogP contribution in [0.5, 0.6) is 0 Å². The number of alkyl halides is 1. The summed E-state index contributed by atoms with van der Waals surface area (Å²) >= 11 is 9.12. The molecule has 0 saturated carbocycles. The zero-order valence-electron chi connectivity index (χ0n) is 6.30. The Hall–Kier alpha value is -0.520. The highest BCUT2D eigenvalue weighted by Crippen LogP contribution is 2.18. The van der Waals surface area contributed by atoms with Gasteiger partial charge in [-0.2, -0.15) is 5.26 Å². The number of halogens is 2. The number of benzene rings is 1. The molecule has 0 spiro atoms. The van der Waals surface area contributed by atoms with Gasteiger partial charge in [0, 0.05) is 5.02 Å². The Bertz CT molecular complexity index is 306. The zero-order valence-corrected chi connectivity index (χ0v) is 8.64. The van der Waals surface area contributed by atoms with Crippen molar-refractivity contribution in [2.75, 3.05) is 0 Å². The van der Waals surface area contributed by atoms with Gasteiger partial charge in [0.25, 0.3) is 0 Å². The predicted molar refractivity (Wildman–Crippen MR) is 53.5 cm³/mol. The summed E-state index contributed by atoms with van der Waals surface area (Å²) in [5.41, 5.74) is 1.00. The van der Waals surface area contributed by atoms with Gasteiger partial charge in [0.1, 0.15) is 4.83 Å². The van der Waals surface area contributed by atoms with Gasteiger partial charge in [-0.05, 0) is 18.1 Å². The van der Waals surface area contributed by atoms with Crippen LogP contribution < -0.4 is 0 Å². The Morgan fingerprint density at radius 2 is 2.17 bits per heavy atom. The summed E-state index contributed by atoms with van der Waals surface area (Å²) in [6.07, 6.45) is 0.649. The van der Waals surface area contributed by atoms with Crippen molar-refractivity contribution in [3.8, 4) is 6.07 Å². The van der Waals surface area contributed by atoms with E-state index in [1.165, 1.54) is 0 Å². The average Bonchev–Trinajstić information content (AvgIpc) is 2.09.